The molecular formula is C6H10N2O2. The second-order valence-corrected chi connectivity index (χ2v) is 2.19. The molecule has 0 fully saturated rings. The van der Waals surface area contributed by atoms with Crippen LogP contribution in [-0.4, -0.2) is 31.8 Å². The van der Waals surface area contributed by atoms with Gasteiger partial charge in [0.25, 0.3) is 0 Å². The van der Waals surface area contributed by atoms with Gasteiger partial charge in [0.15, 0.2) is 0 Å². The molecule has 1 N–H and O–H groups in total. The normalized spacial score (nSPS) is 23.7. The maximum Gasteiger partial charge on any atom is 0.144 e. The summed E-state index contributed by atoms with van der Waals surface area (Å²) >= 11 is 0. The van der Waals surface area contributed by atoms with Crippen LogP contribution in [0.4, 0.5) is 0 Å². The number of nitrogens with one attached hydrogen (secondary N) is 1. The molecule has 0 aromatic rings. The minimum atomic E-state index is -0.134. The largest absolute Gasteiger partial charge is 0.379 e. The molecule has 56 valence electrons. The number of methoxy groups -OCH3 is 1. The lowest BCUT2D eigenvalue weighted by Crippen LogP contribution is -2.20. The average Bonchev–Trinajstić information content (AvgIpc) is 2.37. The molecule has 0 aromatic heterocycles. The van der Waals surface area contributed by atoms with E-state index in [9.17, 15) is 4.79 Å². The summed E-state index contributed by atoms with van der Waals surface area (Å²) in [6.45, 7) is 0.511. The third-order valence-electron chi connectivity index (χ3n) is 1.32. The summed E-state index contributed by atoms with van der Waals surface area (Å²) in [5, 5.41) is 3.89. The van der Waals surface area contributed by atoms with E-state index in [0.717, 1.165) is 12.0 Å². The Morgan fingerprint density at radius 3 is 3.30 bits per heavy atom. The fourth-order valence-corrected chi connectivity index (χ4v) is 0.856. The Kier molecular flexibility index (Phi) is 2.39. The third kappa shape index (κ3) is 1.54. The Morgan fingerprint density at radius 2 is 2.80 bits per heavy atom. The molecule has 1 aliphatic heterocycles. The van der Waals surface area contributed by atoms with E-state index in [-0.39, 0.29) is 6.04 Å². The lowest BCUT2D eigenvalue weighted by molar-refractivity contribution is -0.109. The third-order valence-corrected chi connectivity index (χ3v) is 1.32. The number of ether oxygens (including phenoxy) is 1. The predicted molar refractivity (Wildman–Crippen MR) is 36.9 cm³/mol. The molecule has 1 atom stereocenters. The molecule has 0 amide bonds. The van der Waals surface area contributed by atoms with E-state index in [1.807, 2.05) is 0 Å². The molecule has 1 rings (SSSR count). The molecule has 0 saturated carbocycles. The molecule has 10 heavy (non-hydrogen) atoms. The number of hydrogen-bond acceptors (Lipinski definition) is 4. The van der Waals surface area contributed by atoms with Gasteiger partial charge < -0.3 is 9.53 Å². The molecule has 0 spiro atoms. The first-order valence-electron chi connectivity index (χ1n) is 3.12. The number of aldehydes is 1. The van der Waals surface area contributed by atoms with Crippen molar-refractivity contribution in [3.8, 4) is 0 Å². The molecule has 4 heteroatoms. The van der Waals surface area contributed by atoms with Crippen LogP contribution < -0.4 is 5.43 Å². The van der Waals surface area contributed by atoms with E-state index in [2.05, 4.69) is 10.5 Å². The quantitative estimate of drug-likeness (QED) is 0.543. The van der Waals surface area contributed by atoms with E-state index >= 15 is 0 Å². The summed E-state index contributed by atoms with van der Waals surface area (Å²) in [5.41, 5.74) is 3.58. The summed E-state index contributed by atoms with van der Waals surface area (Å²) in [6, 6.07) is -0.134. The van der Waals surface area contributed by atoms with Gasteiger partial charge >= 0.3 is 0 Å². The number of carbonyl (C=O) groups excluding carboxylic acids is 1. The monoisotopic (exact) mass is 142 g/mol. The van der Waals surface area contributed by atoms with Crippen molar-refractivity contribution in [3.05, 3.63) is 0 Å². The van der Waals surface area contributed by atoms with E-state index in [1.54, 1.807) is 7.11 Å². The van der Waals surface area contributed by atoms with Crippen molar-refractivity contribution < 1.29 is 9.53 Å². The molecule has 0 saturated heterocycles. The molecule has 0 aromatic carbocycles. The maximum atomic E-state index is 10.2. The summed E-state index contributed by atoms with van der Waals surface area (Å²) < 4.78 is 4.83. The SMILES string of the molecule is COCC1=NNC(C=O)C1. The lowest BCUT2D eigenvalue weighted by Gasteiger charge is -1.96. The van der Waals surface area contributed by atoms with Gasteiger partial charge in [-0.2, -0.15) is 5.10 Å². The number of hydrazone groups is 1. The van der Waals surface area contributed by atoms with Gasteiger partial charge in [-0.1, -0.05) is 0 Å². The smallest absolute Gasteiger partial charge is 0.144 e. The molecule has 1 unspecified atom stereocenters. The maximum absolute atomic E-state index is 10.2. The van der Waals surface area contributed by atoms with Gasteiger partial charge in [-0.3, -0.25) is 5.43 Å². The number of rotatable bonds is 3. The van der Waals surface area contributed by atoms with E-state index < -0.39 is 0 Å². The van der Waals surface area contributed by atoms with Crippen LogP contribution in [0.5, 0.6) is 0 Å². The van der Waals surface area contributed by atoms with Crippen molar-refractivity contribution in [2.75, 3.05) is 13.7 Å². The van der Waals surface area contributed by atoms with Crippen LogP contribution in [-0.2, 0) is 9.53 Å². The van der Waals surface area contributed by atoms with E-state index in [0.29, 0.717) is 13.0 Å². The standard InChI is InChI=1S/C6H10N2O2/c1-10-4-6-2-5(3-9)7-8-6/h3,5,7H,2,4H2,1H3. The van der Waals surface area contributed by atoms with E-state index in [1.165, 1.54) is 0 Å². The highest BCUT2D eigenvalue weighted by molar-refractivity contribution is 5.90. The van der Waals surface area contributed by atoms with Crippen LogP contribution in [0.1, 0.15) is 6.42 Å². The predicted octanol–water partition coefficient (Wildman–Crippen LogP) is -0.450. The minimum absolute atomic E-state index is 0.134. The molecule has 0 aliphatic carbocycles. The Hall–Kier alpha value is -0.900. The van der Waals surface area contributed by atoms with Crippen molar-refractivity contribution in [3.63, 3.8) is 0 Å². The zero-order valence-electron chi connectivity index (χ0n) is 5.83. The second-order valence-electron chi connectivity index (χ2n) is 2.19. The number of hydrogen-bond donors (Lipinski definition) is 1. The van der Waals surface area contributed by atoms with Gasteiger partial charge in [0.2, 0.25) is 0 Å². The topological polar surface area (TPSA) is 50.7 Å². The van der Waals surface area contributed by atoms with Crippen LogP contribution in [0.2, 0.25) is 0 Å². The fourth-order valence-electron chi connectivity index (χ4n) is 0.856. The second kappa shape index (κ2) is 3.31. The molecule has 0 bridgehead atoms. The number of nitrogens with zero attached hydrogens (tertiary/aromatic N) is 1. The van der Waals surface area contributed by atoms with Crippen LogP contribution in [0.25, 0.3) is 0 Å². The summed E-state index contributed by atoms with van der Waals surface area (Å²) in [4.78, 5) is 10.2. The Bertz CT molecular complexity index is 156. The fraction of sp³-hybridized carbons (Fsp3) is 0.667. The summed E-state index contributed by atoms with van der Waals surface area (Å²) in [5.74, 6) is 0. The van der Waals surface area contributed by atoms with Gasteiger partial charge in [-0.05, 0) is 0 Å². The Balaban J connectivity index is 2.31. The van der Waals surface area contributed by atoms with Gasteiger partial charge in [0, 0.05) is 13.5 Å². The summed E-state index contributed by atoms with van der Waals surface area (Å²) in [7, 11) is 1.61. The highest BCUT2D eigenvalue weighted by Crippen LogP contribution is 2.00. The Morgan fingerprint density at radius 1 is 2.00 bits per heavy atom. The van der Waals surface area contributed by atoms with Crippen LogP contribution in [0.15, 0.2) is 5.10 Å². The van der Waals surface area contributed by atoms with E-state index in [4.69, 9.17) is 4.74 Å². The highest BCUT2D eigenvalue weighted by atomic mass is 16.5. The van der Waals surface area contributed by atoms with Crippen LogP contribution >= 0.6 is 0 Å². The number of carbonyl (C=O) groups is 1. The zero-order valence-corrected chi connectivity index (χ0v) is 5.83. The molecule has 0 radical (unpaired) electrons. The molecular weight excluding hydrogens is 132 g/mol. The first-order valence-corrected chi connectivity index (χ1v) is 3.12. The van der Waals surface area contributed by atoms with Gasteiger partial charge in [-0.15, -0.1) is 0 Å². The molecule has 1 aliphatic rings. The molecule has 4 nitrogen and oxygen atoms in total. The first kappa shape index (κ1) is 7.21. The van der Waals surface area contributed by atoms with Crippen molar-refractivity contribution in [1.82, 2.24) is 5.43 Å². The molecule has 1 heterocycles. The van der Waals surface area contributed by atoms with Crippen molar-refractivity contribution in [2.45, 2.75) is 12.5 Å². The first-order chi connectivity index (χ1) is 4.86. The Labute approximate surface area is 59.2 Å². The van der Waals surface area contributed by atoms with Gasteiger partial charge in [0.05, 0.1) is 12.3 Å². The van der Waals surface area contributed by atoms with Crippen molar-refractivity contribution >= 4 is 12.0 Å². The minimum Gasteiger partial charge on any atom is -0.379 e. The van der Waals surface area contributed by atoms with Gasteiger partial charge in [-0.25, -0.2) is 0 Å². The highest BCUT2D eigenvalue weighted by Gasteiger charge is 2.16. The summed E-state index contributed by atoms with van der Waals surface area (Å²) in [6.07, 6.45) is 1.53. The van der Waals surface area contributed by atoms with Crippen LogP contribution in [0, 0.1) is 0 Å². The zero-order chi connectivity index (χ0) is 7.40. The lowest BCUT2D eigenvalue weighted by atomic mass is 10.2. The van der Waals surface area contributed by atoms with Crippen molar-refractivity contribution in [1.29, 1.82) is 0 Å². The van der Waals surface area contributed by atoms with Gasteiger partial charge in [0.1, 0.15) is 12.3 Å². The average molecular weight is 142 g/mol. The van der Waals surface area contributed by atoms with Crippen molar-refractivity contribution in [2.24, 2.45) is 5.10 Å². The van der Waals surface area contributed by atoms with Crippen LogP contribution in [0.3, 0.4) is 0 Å².